The summed E-state index contributed by atoms with van der Waals surface area (Å²) in [6.07, 6.45) is 14.3. The van der Waals surface area contributed by atoms with Crippen molar-refractivity contribution in [2.45, 2.75) is 167 Å². The molecule has 0 saturated carbocycles. The minimum Gasteiger partial charge on any atom is -0.497 e. The molecule has 22 nitrogen and oxygen atoms in total. The highest BCUT2D eigenvalue weighted by Crippen LogP contribution is 2.33. The number of rotatable bonds is 26. The van der Waals surface area contributed by atoms with Crippen molar-refractivity contribution in [1.82, 2.24) is 56.8 Å². The van der Waals surface area contributed by atoms with Crippen LogP contribution >= 0.6 is 27.5 Å². The van der Waals surface area contributed by atoms with Crippen molar-refractivity contribution in [3.63, 3.8) is 0 Å². The molecule has 6 saturated heterocycles. The normalized spacial score (nSPS) is 15.2. The number of nitro groups is 1. The molecule has 0 radical (unpaired) electrons. The highest BCUT2D eigenvalue weighted by molar-refractivity contribution is 9.10. The van der Waals surface area contributed by atoms with Gasteiger partial charge < -0.3 is 32.1 Å². The number of Topliss-reactive ketones (excluding diaryl/α,β-unsaturated/α-hetero) is 6. The van der Waals surface area contributed by atoms with E-state index in [1.54, 1.807) is 36.8 Å². The largest absolute Gasteiger partial charge is 0.497 e. The molecule has 0 N–H and O–H groups in total. The summed E-state index contributed by atoms with van der Waals surface area (Å²) in [5.41, 5.74) is 23.1. The van der Waals surface area contributed by atoms with Crippen LogP contribution in [0.25, 0.3) is 34.1 Å². The third-order valence-electron chi connectivity index (χ3n) is 27.0. The Balaban J connectivity index is 0.000000138. The lowest BCUT2D eigenvalue weighted by molar-refractivity contribution is -0.384. The smallest absolute Gasteiger partial charge is 0.269 e. The van der Waals surface area contributed by atoms with Gasteiger partial charge in [0.2, 0.25) is 0 Å². The van der Waals surface area contributed by atoms with Crippen LogP contribution in [0.5, 0.6) is 5.75 Å². The number of hydrogen-bond acceptors (Lipinski definition) is 15. The van der Waals surface area contributed by atoms with Gasteiger partial charge in [-0.15, -0.1) is 0 Å². The van der Waals surface area contributed by atoms with Crippen LogP contribution in [0.3, 0.4) is 0 Å². The van der Waals surface area contributed by atoms with Crippen LogP contribution < -0.4 is 4.74 Å². The number of hydrogen-bond donors (Lipinski definition) is 0. The van der Waals surface area contributed by atoms with Gasteiger partial charge in [-0.3, -0.25) is 68.3 Å². The molecule has 0 aliphatic carbocycles. The highest BCUT2D eigenvalue weighted by Gasteiger charge is 2.30. The molecular formula is C110H131BrClF2N13O9. The Hall–Kier alpha value is -11.4. The first-order chi connectivity index (χ1) is 65.2. The lowest BCUT2D eigenvalue weighted by Crippen LogP contribution is -2.27. The summed E-state index contributed by atoms with van der Waals surface area (Å²) in [7, 11) is 1.67. The molecular weight excluding hydrogens is 1800 g/mol. The number of halogens is 4. The molecule has 718 valence electrons. The van der Waals surface area contributed by atoms with E-state index in [4.69, 9.17) is 16.3 Å². The fourth-order valence-electron chi connectivity index (χ4n) is 20.1. The summed E-state index contributed by atoms with van der Waals surface area (Å²) < 4.78 is 45.8. The summed E-state index contributed by atoms with van der Waals surface area (Å²) in [4.78, 5) is 99.4. The van der Waals surface area contributed by atoms with E-state index >= 15 is 0 Å². The summed E-state index contributed by atoms with van der Waals surface area (Å²) in [6.45, 7) is 41.2. The number of ketones is 6. The van der Waals surface area contributed by atoms with Gasteiger partial charge in [0.15, 0.2) is 34.7 Å². The summed E-state index contributed by atoms with van der Waals surface area (Å²) >= 11 is 9.56. The number of carbonyl (C=O) groups is 6. The maximum atomic E-state index is 14.1. The van der Waals surface area contributed by atoms with E-state index in [2.05, 4.69) is 121 Å². The number of ether oxygens (including phenoxy) is 1. The van der Waals surface area contributed by atoms with Gasteiger partial charge in [0, 0.05) is 164 Å². The first-order valence-corrected chi connectivity index (χ1v) is 49.0. The minimum absolute atomic E-state index is 0.0498. The van der Waals surface area contributed by atoms with E-state index in [0.717, 1.165) is 239 Å². The fraction of sp³-hybridized carbons (Fsp3) is 0.400. The van der Waals surface area contributed by atoms with Crippen molar-refractivity contribution in [1.29, 1.82) is 0 Å². The highest BCUT2D eigenvalue weighted by atomic mass is 79.9. The maximum Gasteiger partial charge on any atom is 0.269 e. The molecule has 6 aromatic heterocycles. The number of aryl methyl sites for hydroxylation is 7. The topological polar surface area (TPSA) is 204 Å². The van der Waals surface area contributed by atoms with Crippen LogP contribution in [-0.2, 0) is 0 Å². The summed E-state index contributed by atoms with van der Waals surface area (Å²) in [5.74, 6) is 0.668. The van der Waals surface area contributed by atoms with Crippen molar-refractivity contribution in [2.75, 3.05) is 125 Å². The van der Waals surface area contributed by atoms with Gasteiger partial charge in [-0.1, -0.05) is 51.8 Å². The monoisotopic (exact) mass is 1930 g/mol. The zero-order chi connectivity index (χ0) is 97.3. The number of aromatic nitrogens is 6. The molecule has 6 fully saturated rings. The summed E-state index contributed by atoms with van der Waals surface area (Å²) in [6, 6.07) is 53.9. The Morgan fingerprint density at radius 1 is 0.331 bits per heavy atom. The average Bonchev–Trinajstić information content (AvgIpc) is 1.59. The predicted octanol–water partition coefficient (Wildman–Crippen LogP) is 22.2. The van der Waals surface area contributed by atoms with E-state index < -0.39 is 16.6 Å². The van der Waals surface area contributed by atoms with Gasteiger partial charge in [-0.25, -0.2) is 8.78 Å². The molecule has 26 heteroatoms. The van der Waals surface area contributed by atoms with Gasteiger partial charge in [0.05, 0.1) is 57.0 Å². The molecule has 6 aliphatic rings. The molecule has 0 amide bonds. The number of non-ortho nitro benzene ring substituents is 1. The van der Waals surface area contributed by atoms with Crippen LogP contribution in [-0.4, -0.2) is 221 Å². The Kier molecular flexibility index (Phi) is 35.3. The fourth-order valence-corrected chi connectivity index (χ4v) is 20.6. The third-order valence-corrected chi connectivity index (χ3v) is 27.7. The van der Waals surface area contributed by atoms with Crippen LogP contribution in [0.1, 0.15) is 213 Å². The molecule has 6 aliphatic heterocycles. The average molecular weight is 1930 g/mol. The number of nitro benzene ring substituents is 1. The van der Waals surface area contributed by atoms with E-state index in [1.807, 2.05) is 158 Å². The van der Waals surface area contributed by atoms with E-state index in [1.165, 1.54) is 81.2 Å². The molecule has 6 aromatic carbocycles. The van der Waals surface area contributed by atoms with Crippen LogP contribution in [0.15, 0.2) is 180 Å². The Bertz CT molecular complexity index is 6130. The number of methoxy groups -OCH3 is 1. The standard InChI is InChI=1S/C19H24N2O2.C19H24N2O.C18H21BrN2O.C18H21ClN2O.C18H20F2N2O.C18H21N3O3/c1-14-11-18(19(22)13-20-9-4-5-10-20)15(2)21(14)16-7-6-8-17(12-16)23-3;1-14-7-6-8-17(11-14)21-15(2)12-18(16(21)3)19(22)13-20-9-4-5-10-20;1-13-11-17(18(22)12-20-9-3-4-10-20)14(2)21(13)16-7-5-15(19)6-8-16;1-13-10-17(18(22)12-20-8-3-4-9-20)14(2)21(13)16-7-5-6-15(19)11-16;1-12-9-15(18(23)11-21-7-3-4-8-21)13(2)22(12)17-6-5-14(19)10-16(17)20;1-13-11-17(18(22)12-19-9-3-4-10-19)14(2)20(13)15-5-7-16(8-6-15)21(23)24/h6-8,11-12H,4-5,9-10,13H2,1-3H3;6-8,11-12H,4-5,9-10,13H2,1-3H3;5-8,11H,3-4,9-10,12H2,1-2H3;5-7,10-11H,3-4,8-9,12H2,1-2H3;5-6,9-10H,3-4,7-8,11H2,1-2H3;5-8,11H,3-4,9-10,12H2,1-2H3. The van der Waals surface area contributed by atoms with E-state index in [9.17, 15) is 47.7 Å². The number of benzene rings is 6. The zero-order valence-electron chi connectivity index (χ0n) is 81.5. The lowest BCUT2D eigenvalue weighted by atomic mass is 10.1. The second-order valence-electron chi connectivity index (χ2n) is 37.0. The Morgan fingerprint density at radius 2 is 0.603 bits per heavy atom. The first kappa shape index (κ1) is 102. The molecule has 12 heterocycles. The van der Waals surface area contributed by atoms with Crippen molar-refractivity contribution >= 4 is 67.9 Å². The molecule has 12 aromatic rings. The number of nitrogens with zero attached hydrogens (tertiary/aromatic N) is 13. The number of carbonyl (C=O) groups excluding carboxylic acids is 6. The molecule has 0 bridgehead atoms. The van der Waals surface area contributed by atoms with Gasteiger partial charge >= 0.3 is 0 Å². The summed E-state index contributed by atoms with van der Waals surface area (Å²) in [5, 5.41) is 11.5. The molecule has 136 heavy (non-hydrogen) atoms. The van der Waals surface area contributed by atoms with Crippen molar-refractivity contribution in [2.24, 2.45) is 0 Å². The predicted molar refractivity (Wildman–Crippen MR) is 542 cm³/mol. The maximum absolute atomic E-state index is 14.1. The SMILES string of the molecule is COc1cccc(-n2c(C)cc(C(=O)CN3CCCC3)c2C)c1.Cc1cc(C(=O)CN2CCCC2)c(C)n1-c1ccc(Br)cc1.Cc1cc(C(=O)CN2CCCC2)c(C)n1-c1ccc(F)cc1F.Cc1cc(C(=O)CN2CCCC2)c(C)n1-c1ccc([N+](=O)[O-])cc1.Cc1cc(C(=O)CN2CCCC2)c(C)n1-c1cccc(Cl)c1.Cc1cccc(-n2c(C)cc(C(=O)CN3CCCC3)c2C)c1. The second-order valence-corrected chi connectivity index (χ2v) is 38.4. The Labute approximate surface area is 813 Å². The van der Waals surface area contributed by atoms with Crippen molar-refractivity contribution in [3.8, 4) is 39.9 Å². The Morgan fingerprint density at radius 3 is 0.897 bits per heavy atom. The van der Waals surface area contributed by atoms with Crippen molar-refractivity contribution < 1.29 is 47.2 Å². The molecule has 0 atom stereocenters. The van der Waals surface area contributed by atoms with Gasteiger partial charge in [-0.2, -0.15) is 0 Å². The second kappa shape index (κ2) is 47.1. The molecule has 18 rings (SSSR count). The lowest BCUT2D eigenvalue weighted by Gasteiger charge is -2.14. The molecule has 0 unspecified atom stereocenters. The van der Waals surface area contributed by atoms with E-state index in [-0.39, 0.29) is 46.1 Å². The van der Waals surface area contributed by atoms with Crippen molar-refractivity contribution in [3.05, 3.63) is 314 Å². The zero-order valence-corrected chi connectivity index (χ0v) is 83.8. The van der Waals surface area contributed by atoms with Crippen LogP contribution in [0.2, 0.25) is 5.02 Å². The van der Waals surface area contributed by atoms with Gasteiger partial charge in [-0.05, 0) is 379 Å². The van der Waals surface area contributed by atoms with Gasteiger partial charge in [0.1, 0.15) is 17.4 Å². The molecule has 0 spiro atoms. The number of likely N-dealkylation sites (tertiary alicyclic amines) is 6. The minimum atomic E-state index is -0.634. The van der Waals surface area contributed by atoms with Crippen LogP contribution in [0, 0.1) is 112 Å². The van der Waals surface area contributed by atoms with E-state index in [0.29, 0.717) is 55.5 Å². The first-order valence-electron chi connectivity index (χ1n) is 47.8. The quantitative estimate of drug-likeness (QED) is 0.0281. The third kappa shape index (κ3) is 25.3. The van der Waals surface area contributed by atoms with Gasteiger partial charge in [0.25, 0.3) is 5.69 Å². The van der Waals surface area contributed by atoms with Crippen LogP contribution in [0.4, 0.5) is 14.5 Å².